The van der Waals surface area contributed by atoms with Gasteiger partial charge in [-0.1, -0.05) is 66.2 Å². The Morgan fingerprint density at radius 3 is 2.21 bits per heavy atom. The summed E-state index contributed by atoms with van der Waals surface area (Å²) in [5.41, 5.74) is 6.39. The minimum atomic E-state index is -4.14. The lowest BCUT2D eigenvalue weighted by Crippen LogP contribution is -2.37. The summed E-state index contributed by atoms with van der Waals surface area (Å²) in [4.78, 5) is 24.6. The Balaban J connectivity index is 1.98. The molecule has 1 atom stereocenters. The molecule has 7 nitrogen and oxygen atoms in total. The van der Waals surface area contributed by atoms with Crippen molar-refractivity contribution in [2.45, 2.75) is 10.9 Å². The Morgan fingerprint density at radius 1 is 1.03 bits per heavy atom. The van der Waals surface area contributed by atoms with E-state index in [0.717, 1.165) is 4.31 Å². The van der Waals surface area contributed by atoms with E-state index in [-0.39, 0.29) is 22.0 Å². The molecule has 1 unspecified atom stereocenters. The van der Waals surface area contributed by atoms with E-state index in [0.29, 0.717) is 11.3 Å². The number of hydrogen-bond donors (Lipinski definition) is 2. The molecule has 3 rings (SSSR count). The van der Waals surface area contributed by atoms with Crippen LogP contribution >= 0.6 is 11.6 Å². The first-order valence-electron chi connectivity index (χ1n) is 9.89. The normalized spacial score (nSPS) is 11.9. The fourth-order valence-electron chi connectivity index (χ4n) is 3.19. The van der Waals surface area contributed by atoms with Crippen LogP contribution < -0.4 is 15.4 Å². The number of hydrogen-bond acceptors (Lipinski definition) is 4. The highest BCUT2D eigenvalue weighted by Gasteiger charge is 2.28. The van der Waals surface area contributed by atoms with E-state index in [2.05, 4.69) is 11.9 Å². The van der Waals surface area contributed by atoms with E-state index in [1.807, 2.05) is 0 Å². The molecule has 33 heavy (non-hydrogen) atoms. The number of amides is 2. The summed E-state index contributed by atoms with van der Waals surface area (Å²) in [6.07, 6.45) is 1.45. The van der Waals surface area contributed by atoms with Gasteiger partial charge in [-0.05, 0) is 35.9 Å². The Hall–Kier alpha value is -3.62. The van der Waals surface area contributed by atoms with Crippen molar-refractivity contribution in [3.05, 3.63) is 108 Å². The number of primary amides is 1. The third-order valence-electron chi connectivity index (χ3n) is 4.79. The number of sulfonamides is 1. The van der Waals surface area contributed by atoms with Gasteiger partial charge in [0.25, 0.3) is 15.9 Å². The number of nitrogens with one attached hydrogen (secondary N) is 1. The fraction of sp³-hybridized carbons (Fsp3) is 0.0833. The van der Waals surface area contributed by atoms with Gasteiger partial charge >= 0.3 is 0 Å². The van der Waals surface area contributed by atoms with Crippen LogP contribution in [0, 0.1) is 0 Å². The van der Waals surface area contributed by atoms with Crippen LogP contribution in [0.25, 0.3) is 0 Å². The number of anilines is 1. The molecule has 0 aromatic heterocycles. The van der Waals surface area contributed by atoms with Crippen molar-refractivity contribution in [3.8, 4) is 0 Å². The molecule has 3 aromatic carbocycles. The second-order valence-corrected chi connectivity index (χ2v) is 9.26. The second-order valence-electron chi connectivity index (χ2n) is 7.03. The molecule has 9 heteroatoms. The summed E-state index contributed by atoms with van der Waals surface area (Å²) in [5, 5.41) is 2.50. The van der Waals surface area contributed by atoms with Gasteiger partial charge in [0.1, 0.15) is 10.9 Å². The molecule has 0 saturated heterocycles. The van der Waals surface area contributed by atoms with Crippen LogP contribution in [0.3, 0.4) is 0 Å². The topological polar surface area (TPSA) is 110 Å². The zero-order valence-electron chi connectivity index (χ0n) is 17.5. The summed E-state index contributed by atoms with van der Waals surface area (Å²) in [6.45, 7) is 3.63. The van der Waals surface area contributed by atoms with Crippen molar-refractivity contribution in [1.29, 1.82) is 0 Å². The predicted molar refractivity (Wildman–Crippen MR) is 128 cm³/mol. The highest BCUT2D eigenvalue weighted by Crippen LogP contribution is 2.29. The number of nitrogens with two attached hydrogens (primary N) is 1. The van der Waals surface area contributed by atoms with Gasteiger partial charge in [-0.25, -0.2) is 8.42 Å². The van der Waals surface area contributed by atoms with Gasteiger partial charge in [0.05, 0.1) is 17.3 Å². The Morgan fingerprint density at radius 2 is 1.64 bits per heavy atom. The number of nitrogens with zero attached hydrogens (tertiary/aromatic N) is 1. The van der Waals surface area contributed by atoms with E-state index < -0.39 is 27.9 Å². The maximum Gasteiger partial charge on any atom is 0.266 e. The molecule has 3 aromatic rings. The van der Waals surface area contributed by atoms with E-state index in [1.54, 1.807) is 60.7 Å². The quantitative estimate of drug-likeness (QED) is 0.452. The zero-order chi connectivity index (χ0) is 24.0. The van der Waals surface area contributed by atoms with Crippen molar-refractivity contribution in [2.24, 2.45) is 5.73 Å². The molecule has 0 aliphatic carbocycles. The third-order valence-corrected chi connectivity index (χ3v) is 7.07. The lowest BCUT2D eigenvalue weighted by Gasteiger charge is -2.24. The first kappa shape index (κ1) is 24.0. The number of rotatable bonds is 9. The Labute approximate surface area is 197 Å². The molecular formula is C24H22ClN3O4S. The molecule has 0 bridgehead atoms. The molecule has 0 aliphatic rings. The Kier molecular flexibility index (Phi) is 7.52. The first-order chi connectivity index (χ1) is 15.8. The molecular weight excluding hydrogens is 462 g/mol. The number of halogens is 1. The standard InChI is InChI=1S/C24H22ClN3O4S/c1-2-15-28(19-11-7-4-8-12-19)33(31,32)21-16-18(13-14-20(21)25)24(30)27-22(23(26)29)17-9-5-3-6-10-17/h2-14,16,22H,1,15H2,(H2,26,29)(H,27,30). The highest BCUT2D eigenvalue weighted by molar-refractivity contribution is 7.93. The Bertz CT molecular complexity index is 1270. The van der Waals surface area contributed by atoms with Crippen LogP contribution in [-0.2, 0) is 14.8 Å². The third kappa shape index (κ3) is 5.42. The van der Waals surface area contributed by atoms with Crippen LogP contribution in [0.5, 0.6) is 0 Å². The van der Waals surface area contributed by atoms with Crippen molar-refractivity contribution in [3.63, 3.8) is 0 Å². The van der Waals surface area contributed by atoms with Crippen molar-refractivity contribution in [1.82, 2.24) is 5.32 Å². The molecule has 3 N–H and O–H groups in total. The van der Waals surface area contributed by atoms with Gasteiger partial charge in [0.2, 0.25) is 5.91 Å². The van der Waals surface area contributed by atoms with Crippen LogP contribution in [0.1, 0.15) is 22.0 Å². The van der Waals surface area contributed by atoms with Gasteiger partial charge in [-0.2, -0.15) is 0 Å². The molecule has 0 saturated carbocycles. The van der Waals surface area contributed by atoms with E-state index in [1.165, 1.54) is 24.3 Å². The van der Waals surface area contributed by atoms with E-state index >= 15 is 0 Å². The maximum absolute atomic E-state index is 13.5. The minimum Gasteiger partial charge on any atom is -0.368 e. The van der Waals surface area contributed by atoms with Crippen molar-refractivity contribution < 1.29 is 18.0 Å². The SMILES string of the molecule is C=CCN(c1ccccc1)S(=O)(=O)c1cc(C(=O)NC(C(N)=O)c2ccccc2)ccc1Cl. The average molecular weight is 484 g/mol. The summed E-state index contributed by atoms with van der Waals surface area (Å²) in [6, 6.07) is 19.7. The summed E-state index contributed by atoms with van der Waals surface area (Å²) in [7, 11) is -4.14. The molecule has 170 valence electrons. The summed E-state index contributed by atoms with van der Waals surface area (Å²) < 4.78 is 28.1. The zero-order valence-corrected chi connectivity index (χ0v) is 19.1. The van der Waals surface area contributed by atoms with Crippen molar-refractivity contribution in [2.75, 3.05) is 10.8 Å². The summed E-state index contributed by atoms with van der Waals surface area (Å²) in [5.74, 6) is -1.43. The lowest BCUT2D eigenvalue weighted by atomic mass is 10.1. The largest absolute Gasteiger partial charge is 0.368 e. The second kappa shape index (κ2) is 10.3. The van der Waals surface area contributed by atoms with Crippen LogP contribution in [-0.4, -0.2) is 26.8 Å². The summed E-state index contributed by atoms with van der Waals surface area (Å²) >= 11 is 6.23. The predicted octanol–water partition coefficient (Wildman–Crippen LogP) is 3.68. The monoisotopic (exact) mass is 483 g/mol. The number of carbonyl (C=O) groups is 2. The number of carbonyl (C=O) groups excluding carboxylic acids is 2. The molecule has 0 spiro atoms. The van der Waals surface area contributed by atoms with Crippen molar-refractivity contribution >= 4 is 39.1 Å². The van der Waals surface area contributed by atoms with Gasteiger partial charge in [-0.3, -0.25) is 13.9 Å². The minimum absolute atomic E-state index is 0.00312. The van der Waals surface area contributed by atoms with Crippen LogP contribution in [0.4, 0.5) is 5.69 Å². The smallest absolute Gasteiger partial charge is 0.266 e. The van der Waals surface area contributed by atoms with Gasteiger partial charge in [0, 0.05) is 5.56 Å². The molecule has 0 fully saturated rings. The van der Waals surface area contributed by atoms with Gasteiger partial charge in [-0.15, -0.1) is 6.58 Å². The van der Waals surface area contributed by atoms with Gasteiger partial charge in [0.15, 0.2) is 0 Å². The fourth-order valence-corrected chi connectivity index (χ4v) is 5.13. The molecule has 0 radical (unpaired) electrons. The van der Waals surface area contributed by atoms with Crippen LogP contribution in [0.2, 0.25) is 5.02 Å². The molecule has 0 aliphatic heterocycles. The van der Waals surface area contributed by atoms with Crippen LogP contribution in [0.15, 0.2) is 96.4 Å². The van der Waals surface area contributed by atoms with E-state index in [4.69, 9.17) is 17.3 Å². The molecule has 2 amide bonds. The molecule has 0 heterocycles. The van der Waals surface area contributed by atoms with Gasteiger partial charge < -0.3 is 11.1 Å². The maximum atomic E-state index is 13.5. The average Bonchev–Trinajstić information content (AvgIpc) is 2.81. The highest BCUT2D eigenvalue weighted by atomic mass is 35.5. The lowest BCUT2D eigenvalue weighted by molar-refractivity contribution is -0.120. The number of benzene rings is 3. The van der Waals surface area contributed by atoms with E-state index in [9.17, 15) is 18.0 Å². The first-order valence-corrected chi connectivity index (χ1v) is 11.7. The number of para-hydroxylation sites is 1.